The molecule has 0 nitrogen and oxygen atoms in total. The lowest BCUT2D eigenvalue weighted by Crippen LogP contribution is -1.84. The highest BCUT2D eigenvalue weighted by atomic mass is 19.3. The predicted octanol–water partition coefficient (Wildman–Crippen LogP) is 5.38. The molecule has 0 atom stereocenters. The van der Waals surface area contributed by atoms with Gasteiger partial charge in [0, 0.05) is 0 Å². The average Bonchev–Trinajstić information content (AvgIpc) is 2.40. The van der Waals surface area contributed by atoms with Gasteiger partial charge in [0.2, 0.25) is 0 Å². The van der Waals surface area contributed by atoms with Gasteiger partial charge in [-0.15, -0.1) is 0 Å². The highest BCUT2D eigenvalue weighted by molar-refractivity contribution is 5.63. The summed E-state index contributed by atoms with van der Waals surface area (Å²) < 4.78 is 23.8. The van der Waals surface area contributed by atoms with E-state index in [0.29, 0.717) is 12.8 Å². The minimum Gasteiger partial charge on any atom is -0.174 e. The van der Waals surface area contributed by atoms with Crippen LogP contribution in [0.25, 0.3) is 11.1 Å². The fourth-order valence-corrected chi connectivity index (χ4v) is 1.96. The van der Waals surface area contributed by atoms with Crippen LogP contribution in [0, 0.1) is 6.92 Å². The topological polar surface area (TPSA) is 0 Å². The molecule has 2 rings (SSSR count). The molecule has 0 saturated heterocycles. The van der Waals surface area contributed by atoms with Gasteiger partial charge in [-0.2, -0.15) is 8.78 Å². The Bertz CT molecular complexity index is 547. The molecular formula is C17H16F2. The fourth-order valence-electron chi connectivity index (χ4n) is 1.96. The molecule has 98 valence electrons. The van der Waals surface area contributed by atoms with Crippen molar-refractivity contribution in [3.8, 4) is 11.1 Å². The Morgan fingerprint density at radius 2 is 1.42 bits per heavy atom. The number of rotatable bonds is 4. The van der Waals surface area contributed by atoms with E-state index < -0.39 is 6.08 Å². The number of benzene rings is 2. The Morgan fingerprint density at radius 1 is 0.895 bits per heavy atom. The summed E-state index contributed by atoms with van der Waals surface area (Å²) in [6, 6.07) is 16.4. The van der Waals surface area contributed by atoms with Crippen molar-refractivity contribution in [3.05, 3.63) is 71.8 Å². The first-order valence-corrected chi connectivity index (χ1v) is 6.32. The third-order valence-corrected chi connectivity index (χ3v) is 3.07. The molecule has 0 unspecified atom stereocenters. The van der Waals surface area contributed by atoms with Gasteiger partial charge in [0.15, 0.2) is 0 Å². The van der Waals surface area contributed by atoms with E-state index in [4.69, 9.17) is 0 Å². The standard InChI is InChI=1S/C17H16F2/c1-13-5-9-15(10-6-13)16-11-7-14(8-12-16)3-2-4-17(18)19/h4-12H,2-3H2,1H3. The van der Waals surface area contributed by atoms with Crippen LogP contribution in [0.5, 0.6) is 0 Å². The van der Waals surface area contributed by atoms with Gasteiger partial charge in [-0.3, -0.25) is 0 Å². The van der Waals surface area contributed by atoms with Crippen molar-refractivity contribution < 1.29 is 8.78 Å². The summed E-state index contributed by atoms with van der Waals surface area (Å²) >= 11 is 0. The molecule has 2 aromatic rings. The lowest BCUT2D eigenvalue weighted by molar-refractivity contribution is 0.417. The molecule has 0 aliphatic rings. The van der Waals surface area contributed by atoms with Crippen molar-refractivity contribution >= 4 is 0 Å². The minimum absolute atomic E-state index is 0.381. The van der Waals surface area contributed by atoms with Crippen LogP contribution in [0.2, 0.25) is 0 Å². The van der Waals surface area contributed by atoms with Crippen molar-refractivity contribution in [2.24, 2.45) is 0 Å². The van der Waals surface area contributed by atoms with Gasteiger partial charge in [0.05, 0.1) is 0 Å². The number of allylic oxidation sites excluding steroid dienone is 1. The molecule has 0 aliphatic carbocycles. The van der Waals surface area contributed by atoms with Gasteiger partial charge < -0.3 is 0 Å². The Labute approximate surface area is 112 Å². The van der Waals surface area contributed by atoms with Gasteiger partial charge in [0.25, 0.3) is 6.08 Å². The number of hydrogen-bond donors (Lipinski definition) is 0. The number of halogens is 2. The van der Waals surface area contributed by atoms with E-state index in [0.717, 1.165) is 17.2 Å². The van der Waals surface area contributed by atoms with Crippen molar-refractivity contribution in [2.45, 2.75) is 19.8 Å². The van der Waals surface area contributed by atoms with Crippen LogP contribution in [0.4, 0.5) is 8.78 Å². The smallest absolute Gasteiger partial charge is 0.174 e. The molecule has 0 bridgehead atoms. The molecule has 0 radical (unpaired) electrons. The molecule has 0 aromatic heterocycles. The van der Waals surface area contributed by atoms with E-state index in [9.17, 15) is 8.78 Å². The Morgan fingerprint density at radius 3 is 1.95 bits per heavy atom. The summed E-state index contributed by atoms with van der Waals surface area (Å²) in [5, 5.41) is 0. The zero-order valence-electron chi connectivity index (χ0n) is 10.9. The van der Waals surface area contributed by atoms with Crippen LogP contribution in [0.15, 0.2) is 60.7 Å². The van der Waals surface area contributed by atoms with Gasteiger partial charge in [-0.25, -0.2) is 0 Å². The summed E-state index contributed by atoms with van der Waals surface area (Å²) in [5.41, 5.74) is 4.64. The molecule has 0 aliphatic heterocycles. The van der Waals surface area contributed by atoms with E-state index in [-0.39, 0.29) is 0 Å². The summed E-state index contributed by atoms with van der Waals surface area (Å²) in [7, 11) is 0. The third kappa shape index (κ3) is 4.02. The summed E-state index contributed by atoms with van der Waals surface area (Å²) in [6.45, 7) is 2.06. The van der Waals surface area contributed by atoms with Crippen molar-refractivity contribution in [2.75, 3.05) is 0 Å². The molecule has 0 N–H and O–H groups in total. The third-order valence-electron chi connectivity index (χ3n) is 3.07. The highest BCUT2D eigenvalue weighted by Gasteiger charge is 1.98. The molecule has 0 spiro atoms. The van der Waals surface area contributed by atoms with E-state index in [2.05, 4.69) is 31.2 Å². The molecule has 19 heavy (non-hydrogen) atoms. The summed E-state index contributed by atoms with van der Waals surface area (Å²) in [5.74, 6) is 0. The lowest BCUT2D eigenvalue weighted by Gasteiger charge is -2.04. The first-order chi connectivity index (χ1) is 9.15. The minimum atomic E-state index is -1.60. The molecular weight excluding hydrogens is 242 g/mol. The van der Waals surface area contributed by atoms with Gasteiger partial charge in [-0.05, 0) is 42.5 Å². The molecule has 0 heterocycles. The molecule has 2 aromatic carbocycles. The van der Waals surface area contributed by atoms with Crippen LogP contribution in [0.1, 0.15) is 17.5 Å². The first kappa shape index (κ1) is 13.5. The van der Waals surface area contributed by atoms with E-state index >= 15 is 0 Å². The maximum Gasteiger partial charge on any atom is 0.266 e. The van der Waals surface area contributed by atoms with Gasteiger partial charge in [-0.1, -0.05) is 54.1 Å². The van der Waals surface area contributed by atoms with E-state index in [1.54, 1.807) is 0 Å². The molecule has 0 amide bonds. The average molecular weight is 258 g/mol. The maximum absolute atomic E-state index is 11.9. The SMILES string of the molecule is Cc1ccc(-c2ccc(CCC=C(F)F)cc2)cc1. The summed E-state index contributed by atoms with van der Waals surface area (Å²) in [6.07, 6.45) is 0.391. The Hall–Kier alpha value is -1.96. The van der Waals surface area contributed by atoms with Crippen LogP contribution in [0.3, 0.4) is 0 Å². The fraction of sp³-hybridized carbons (Fsp3) is 0.176. The second-order valence-electron chi connectivity index (χ2n) is 4.60. The maximum atomic E-state index is 11.9. The number of aryl methyl sites for hydroxylation is 2. The van der Waals surface area contributed by atoms with Crippen LogP contribution < -0.4 is 0 Å². The largest absolute Gasteiger partial charge is 0.266 e. The zero-order chi connectivity index (χ0) is 13.7. The lowest BCUT2D eigenvalue weighted by atomic mass is 10.0. The highest BCUT2D eigenvalue weighted by Crippen LogP contribution is 2.20. The molecule has 2 heteroatoms. The normalized spacial score (nSPS) is 10.3. The van der Waals surface area contributed by atoms with Crippen molar-refractivity contribution in [1.29, 1.82) is 0 Å². The Balaban J connectivity index is 2.06. The monoisotopic (exact) mass is 258 g/mol. The van der Waals surface area contributed by atoms with E-state index in [1.807, 2.05) is 24.3 Å². The van der Waals surface area contributed by atoms with Crippen molar-refractivity contribution in [1.82, 2.24) is 0 Å². The quantitative estimate of drug-likeness (QED) is 0.691. The van der Waals surface area contributed by atoms with Crippen LogP contribution in [-0.2, 0) is 6.42 Å². The molecule has 0 saturated carbocycles. The summed E-state index contributed by atoms with van der Waals surface area (Å²) in [4.78, 5) is 0. The first-order valence-electron chi connectivity index (χ1n) is 6.32. The zero-order valence-corrected chi connectivity index (χ0v) is 10.9. The molecule has 0 fully saturated rings. The second kappa shape index (κ2) is 6.28. The Kier molecular flexibility index (Phi) is 4.45. The number of hydrogen-bond acceptors (Lipinski definition) is 0. The van der Waals surface area contributed by atoms with Crippen molar-refractivity contribution in [3.63, 3.8) is 0 Å². The van der Waals surface area contributed by atoms with Crippen LogP contribution >= 0.6 is 0 Å². The van der Waals surface area contributed by atoms with Gasteiger partial charge in [0.1, 0.15) is 0 Å². The second-order valence-corrected chi connectivity index (χ2v) is 4.60. The van der Waals surface area contributed by atoms with Gasteiger partial charge >= 0.3 is 0 Å². The van der Waals surface area contributed by atoms with Crippen LogP contribution in [-0.4, -0.2) is 0 Å². The predicted molar refractivity (Wildman–Crippen MR) is 75.2 cm³/mol. The van der Waals surface area contributed by atoms with E-state index in [1.165, 1.54) is 11.1 Å².